The highest BCUT2D eigenvalue weighted by atomic mass is 16.5. The number of hydrazine groups is 1. The van der Waals surface area contributed by atoms with Crippen LogP contribution >= 0.6 is 0 Å². The molecule has 4 amide bonds. The van der Waals surface area contributed by atoms with Crippen LogP contribution in [0.1, 0.15) is 32.3 Å². The number of ether oxygens (including phenoxy) is 1. The van der Waals surface area contributed by atoms with Crippen molar-refractivity contribution in [1.82, 2.24) is 19.8 Å². The topological polar surface area (TPSA) is 90.5 Å². The number of fused-ring (bicyclic) bond motifs is 2. The second-order valence-electron chi connectivity index (χ2n) is 8.94. The Bertz CT molecular complexity index is 1270. The molecule has 0 aromatic heterocycles. The predicted octanol–water partition coefficient (Wildman–Crippen LogP) is 2.57. The Morgan fingerprint density at radius 1 is 0.730 bits per heavy atom. The van der Waals surface area contributed by atoms with Gasteiger partial charge in [0, 0.05) is 25.2 Å². The number of piperazine rings is 2. The molecule has 0 N–H and O–H groups in total. The number of hydrogen-bond donors (Lipinski definition) is 0. The van der Waals surface area contributed by atoms with Gasteiger partial charge in [0.2, 0.25) is 0 Å². The lowest BCUT2D eigenvalue weighted by Crippen LogP contribution is -2.82. The Morgan fingerprint density at radius 3 is 1.81 bits per heavy atom. The summed E-state index contributed by atoms with van der Waals surface area (Å²) in [6, 6.07) is 22.8. The molecule has 3 saturated heterocycles. The van der Waals surface area contributed by atoms with Gasteiger partial charge in [-0.25, -0.2) is 10.0 Å². The first-order valence-corrected chi connectivity index (χ1v) is 11.8. The van der Waals surface area contributed by atoms with E-state index in [4.69, 9.17) is 4.74 Å². The Hall–Kier alpha value is -4.66. The number of β-lactam (4-membered cyclic amide) rings is 1. The maximum absolute atomic E-state index is 13.9. The number of methoxy groups -OCH3 is 1. The van der Waals surface area contributed by atoms with Gasteiger partial charge >= 0.3 is 0 Å². The predicted molar refractivity (Wildman–Crippen MR) is 134 cm³/mol. The van der Waals surface area contributed by atoms with Crippen LogP contribution in [0, 0.1) is 0 Å². The Balaban J connectivity index is 1.56. The van der Waals surface area contributed by atoms with Crippen molar-refractivity contribution in [3.63, 3.8) is 0 Å². The average Bonchev–Trinajstić information content (AvgIpc) is 2.95. The summed E-state index contributed by atoms with van der Waals surface area (Å²) < 4.78 is 5.26. The zero-order valence-electron chi connectivity index (χ0n) is 20.6. The average molecular weight is 499 g/mol. The molecular weight excluding hydrogens is 472 g/mol. The number of rotatable bonds is 6. The van der Waals surface area contributed by atoms with Crippen LogP contribution < -0.4 is 4.74 Å². The third kappa shape index (κ3) is 3.88. The van der Waals surface area contributed by atoms with E-state index in [1.807, 2.05) is 12.1 Å². The molecule has 37 heavy (non-hydrogen) atoms. The zero-order chi connectivity index (χ0) is 26.3. The number of hydrogen-bond acceptors (Lipinski definition) is 5. The fourth-order valence-corrected chi connectivity index (χ4v) is 4.97. The quantitative estimate of drug-likeness (QED) is 0.488. The number of carbonyl (C=O) groups excluding carboxylic acids is 4. The van der Waals surface area contributed by atoms with Crippen molar-refractivity contribution < 1.29 is 23.9 Å². The first kappa shape index (κ1) is 24.1. The molecule has 0 radical (unpaired) electrons. The van der Waals surface area contributed by atoms with E-state index in [-0.39, 0.29) is 5.91 Å². The summed E-state index contributed by atoms with van der Waals surface area (Å²) in [5.74, 6) is -1.08. The van der Waals surface area contributed by atoms with E-state index in [2.05, 4.69) is 0 Å². The van der Waals surface area contributed by atoms with Gasteiger partial charge in [-0.2, -0.15) is 0 Å². The lowest BCUT2D eigenvalue weighted by molar-refractivity contribution is -0.215. The van der Waals surface area contributed by atoms with E-state index in [9.17, 15) is 19.2 Å². The minimum Gasteiger partial charge on any atom is -0.497 e. The van der Waals surface area contributed by atoms with Gasteiger partial charge in [0.15, 0.2) is 12.2 Å². The van der Waals surface area contributed by atoms with Gasteiger partial charge in [-0.1, -0.05) is 48.5 Å². The van der Waals surface area contributed by atoms with Crippen molar-refractivity contribution >= 4 is 23.6 Å². The molecule has 0 spiro atoms. The first-order chi connectivity index (χ1) is 17.8. The molecule has 3 atom stereocenters. The first-order valence-electron chi connectivity index (χ1n) is 11.8. The smallest absolute Gasteiger partial charge is 0.285 e. The zero-order valence-corrected chi connectivity index (χ0v) is 20.6. The lowest BCUT2D eigenvalue weighted by Gasteiger charge is -2.61. The van der Waals surface area contributed by atoms with Crippen LogP contribution in [0.2, 0.25) is 0 Å². The van der Waals surface area contributed by atoms with Crippen molar-refractivity contribution in [2.75, 3.05) is 21.2 Å². The molecular formula is C28H26N4O5. The van der Waals surface area contributed by atoms with Gasteiger partial charge in [-0.3, -0.25) is 19.2 Å². The molecule has 3 heterocycles. The molecule has 3 aliphatic heterocycles. The minimum atomic E-state index is -1.23. The van der Waals surface area contributed by atoms with Gasteiger partial charge < -0.3 is 14.5 Å². The molecule has 3 aliphatic rings. The molecule has 0 aliphatic carbocycles. The number of benzene rings is 3. The maximum atomic E-state index is 13.9. The third-order valence-electron chi connectivity index (χ3n) is 6.88. The highest BCUT2D eigenvalue weighted by molar-refractivity contribution is 6.06. The van der Waals surface area contributed by atoms with Crippen LogP contribution in [0.15, 0.2) is 84.9 Å². The number of nitrogens with zero attached hydrogens (tertiary/aromatic N) is 4. The monoisotopic (exact) mass is 498 g/mol. The molecule has 3 unspecified atom stereocenters. The molecule has 3 aromatic carbocycles. The summed E-state index contributed by atoms with van der Waals surface area (Å²) in [5, 5.41) is 2.38. The van der Waals surface area contributed by atoms with Crippen LogP contribution in [0.3, 0.4) is 0 Å². The molecule has 9 nitrogen and oxygen atoms in total. The van der Waals surface area contributed by atoms with E-state index >= 15 is 0 Å². The standard InChI is InChI=1S/C28H26N4O5/c1-29(25(33)19-10-6-4-7-11-19)24-28(36)32(30(2)26(34)20-12-8-5-9-13-20)23-22(31(24)27(23)35)18-14-16-21(37-3)17-15-18/h4-17,22-24H,1-3H3. The molecule has 0 saturated carbocycles. The number of amides is 4. The molecule has 3 fully saturated rings. The highest BCUT2D eigenvalue weighted by Gasteiger charge is 2.65. The normalized spacial score (nSPS) is 20.2. The van der Waals surface area contributed by atoms with Gasteiger partial charge in [0.05, 0.1) is 13.2 Å². The Kier molecular flexibility index (Phi) is 6.12. The third-order valence-corrected chi connectivity index (χ3v) is 6.88. The van der Waals surface area contributed by atoms with E-state index in [0.29, 0.717) is 16.9 Å². The summed E-state index contributed by atoms with van der Waals surface area (Å²) in [7, 11) is 4.52. The second kappa shape index (κ2) is 9.42. The summed E-state index contributed by atoms with van der Waals surface area (Å²) in [6.45, 7) is 0. The highest BCUT2D eigenvalue weighted by Crippen LogP contribution is 2.46. The van der Waals surface area contributed by atoms with E-state index in [1.165, 1.54) is 33.9 Å². The molecule has 2 bridgehead atoms. The van der Waals surface area contributed by atoms with Crippen molar-refractivity contribution in [3.8, 4) is 5.75 Å². The van der Waals surface area contributed by atoms with E-state index in [1.54, 1.807) is 79.9 Å². The maximum Gasteiger partial charge on any atom is 0.285 e. The number of carbonyl (C=O) groups is 4. The van der Waals surface area contributed by atoms with E-state index < -0.39 is 36.0 Å². The largest absolute Gasteiger partial charge is 0.497 e. The second-order valence-corrected chi connectivity index (χ2v) is 8.94. The molecule has 9 heteroatoms. The lowest BCUT2D eigenvalue weighted by atomic mass is 9.83. The molecule has 6 rings (SSSR count). The van der Waals surface area contributed by atoms with Crippen LogP contribution in [-0.2, 0) is 9.59 Å². The SMILES string of the molecule is COc1ccc(C2C3C(=O)N2C(N(C)C(=O)c2ccccc2)C(=O)N3N(C)C(=O)c2ccccc2)cc1. The molecule has 188 valence electrons. The summed E-state index contributed by atoms with van der Waals surface area (Å²) in [6.07, 6.45) is -1.23. The van der Waals surface area contributed by atoms with Crippen molar-refractivity contribution in [3.05, 3.63) is 102 Å². The van der Waals surface area contributed by atoms with Gasteiger partial charge in [-0.15, -0.1) is 0 Å². The van der Waals surface area contributed by atoms with Crippen LogP contribution in [0.5, 0.6) is 5.75 Å². The van der Waals surface area contributed by atoms with Crippen LogP contribution in [0.25, 0.3) is 0 Å². The fraction of sp³-hybridized carbons (Fsp3) is 0.214. The molecule has 3 aromatic rings. The van der Waals surface area contributed by atoms with Crippen LogP contribution in [-0.4, -0.2) is 76.9 Å². The summed E-state index contributed by atoms with van der Waals surface area (Å²) in [4.78, 5) is 56.7. The van der Waals surface area contributed by atoms with Crippen molar-refractivity contribution in [1.29, 1.82) is 0 Å². The minimum absolute atomic E-state index is 0.342. The van der Waals surface area contributed by atoms with Crippen molar-refractivity contribution in [2.45, 2.75) is 18.2 Å². The Labute approximate surface area is 214 Å². The van der Waals surface area contributed by atoms with Gasteiger partial charge in [0.1, 0.15) is 5.75 Å². The summed E-state index contributed by atoms with van der Waals surface area (Å²) in [5.41, 5.74) is 1.52. The number of likely N-dealkylation sites (N-methyl/N-ethyl adjacent to an activating group) is 1. The summed E-state index contributed by atoms with van der Waals surface area (Å²) >= 11 is 0. The van der Waals surface area contributed by atoms with Gasteiger partial charge in [-0.05, 0) is 42.0 Å². The fourth-order valence-electron chi connectivity index (χ4n) is 4.97. The van der Waals surface area contributed by atoms with Gasteiger partial charge in [0.25, 0.3) is 23.6 Å². The van der Waals surface area contributed by atoms with Crippen LogP contribution in [0.4, 0.5) is 0 Å². The van der Waals surface area contributed by atoms with E-state index in [0.717, 1.165) is 5.56 Å². The van der Waals surface area contributed by atoms with Crippen molar-refractivity contribution in [2.24, 2.45) is 0 Å². The Morgan fingerprint density at radius 2 is 1.27 bits per heavy atom.